The standard InChI is InChI=1S/C13H12N4O5S.CH4/c1-16-11-9(12(18)17(2)13(16)19)14-10(15-11)7-3-5-8(6-4-7)23(20,21)22;/h3-6H,1-2H3,(H,14,15)(H,20,21,22);1H4. The summed E-state index contributed by atoms with van der Waals surface area (Å²) in [7, 11) is -1.42. The number of aromatic amines is 1. The predicted octanol–water partition coefficient (Wildman–Crippen LogP) is 0.510. The van der Waals surface area contributed by atoms with Gasteiger partial charge in [-0.25, -0.2) is 9.78 Å². The SMILES string of the molecule is C.Cn1c(=O)c2[nH]c(-c3ccc(S(=O)(=O)O)cc3)nc2n(C)c1=O. The van der Waals surface area contributed by atoms with Crippen molar-refractivity contribution in [3.63, 3.8) is 0 Å². The molecule has 0 amide bonds. The molecule has 2 aromatic heterocycles. The minimum absolute atomic E-state index is 0. The van der Waals surface area contributed by atoms with Crippen molar-refractivity contribution < 1.29 is 13.0 Å². The number of fused-ring (bicyclic) bond motifs is 1. The van der Waals surface area contributed by atoms with Crippen LogP contribution in [0.25, 0.3) is 22.6 Å². The molecule has 128 valence electrons. The van der Waals surface area contributed by atoms with Gasteiger partial charge in [0.25, 0.3) is 15.7 Å². The molecule has 1 aromatic carbocycles. The van der Waals surface area contributed by atoms with Crippen LogP contribution in [0.3, 0.4) is 0 Å². The van der Waals surface area contributed by atoms with Crippen LogP contribution >= 0.6 is 0 Å². The highest BCUT2D eigenvalue weighted by molar-refractivity contribution is 7.85. The summed E-state index contributed by atoms with van der Waals surface area (Å²) in [4.78, 5) is 30.8. The van der Waals surface area contributed by atoms with E-state index in [2.05, 4.69) is 9.97 Å². The number of nitrogens with zero attached hydrogens (tertiary/aromatic N) is 3. The molecular formula is C14H16N4O5S. The highest BCUT2D eigenvalue weighted by Crippen LogP contribution is 2.20. The van der Waals surface area contributed by atoms with E-state index in [1.165, 1.54) is 42.9 Å². The van der Waals surface area contributed by atoms with Crippen LogP contribution in [0, 0.1) is 0 Å². The van der Waals surface area contributed by atoms with Gasteiger partial charge >= 0.3 is 5.69 Å². The maximum absolute atomic E-state index is 12.1. The molecule has 0 aliphatic rings. The number of benzene rings is 1. The molecule has 0 unspecified atom stereocenters. The summed E-state index contributed by atoms with van der Waals surface area (Å²) < 4.78 is 33.2. The Morgan fingerprint density at radius 2 is 1.67 bits per heavy atom. The molecule has 2 N–H and O–H groups in total. The largest absolute Gasteiger partial charge is 0.332 e. The fourth-order valence-electron chi connectivity index (χ4n) is 2.25. The van der Waals surface area contributed by atoms with E-state index in [9.17, 15) is 18.0 Å². The molecule has 0 saturated heterocycles. The smallest absolute Gasteiger partial charge is 0.332 e. The van der Waals surface area contributed by atoms with Crippen molar-refractivity contribution in [1.29, 1.82) is 0 Å². The van der Waals surface area contributed by atoms with Crippen LogP contribution in [0.2, 0.25) is 0 Å². The lowest BCUT2D eigenvalue weighted by Gasteiger charge is -2.00. The van der Waals surface area contributed by atoms with Gasteiger partial charge in [-0.15, -0.1) is 0 Å². The predicted molar refractivity (Wildman–Crippen MR) is 88.6 cm³/mol. The molecule has 10 heteroatoms. The van der Waals surface area contributed by atoms with Gasteiger partial charge in [0, 0.05) is 19.7 Å². The van der Waals surface area contributed by atoms with Crippen molar-refractivity contribution in [2.24, 2.45) is 14.1 Å². The normalized spacial score (nSPS) is 11.5. The summed E-state index contributed by atoms with van der Waals surface area (Å²) in [5.41, 5.74) is -0.128. The summed E-state index contributed by atoms with van der Waals surface area (Å²) in [6, 6.07) is 5.30. The Balaban J connectivity index is 0.00000208. The van der Waals surface area contributed by atoms with Gasteiger partial charge in [-0.1, -0.05) is 7.43 Å². The Labute approximate surface area is 137 Å². The van der Waals surface area contributed by atoms with Gasteiger partial charge in [-0.2, -0.15) is 8.42 Å². The molecule has 0 radical (unpaired) electrons. The van der Waals surface area contributed by atoms with E-state index in [1.54, 1.807) is 0 Å². The minimum atomic E-state index is -4.28. The number of H-pyrrole nitrogens is 1. The Kier molecular flexibility index (Phi) is 4.21. The summed E-state index contributed by atoms with van der Waals surface area (Å²) in [6.07, 6.45) is 0. The second-order valence-electron chi connectivity index (χ2n) is 4.99. The number of aryl methyl sites for hydroxylation is 1. The van der Waals surface area contributed by atoms with Crippen molar-refractivity contribution in [2.75, 3.05) is 0 Å². The number of aromatic nitrogens is 4. The Bertz CT molecular complexity index is 1140. The first-order chi connectivity index (χ1) is 10.7. The van der Waals surface area contributed by atoms with Crippen molar-refractivity contribution in [2.45, 2.75) is 12.3 Å². The van der Waals surface area contributed by atoms with Gasteiger partial charge in [-0.05, 0) is 24.3 Å². The summed E-state index contributed by atoms with van der Waals surface area (Å²) >= 11 is 0. The van der Waals surface area contributed by atoms with Gasteiger partial charge in [-0.3, -0.25) is 18.5 Å². The molecule has 2 heterocycles. The second kappa shape index (κ2) is 5.73. The van der Waals surface area contributed by atoms with Crippen LogP contribution in [0.1, 0.15) is 7.43 Å². The van der Waals surface area contributed by atoms with Crippen LogP contribution < -0.4 is 11.2 Å². The number of nitrogens with one attached hydrogen (secondary N) is 1. The average Bonchev–Trinajstić information content (AvgIpc) is 2.95. The van der Waals surface area contributed by atoms with E-state index in [1.807, 2.05) is 0 Å². The Hall–Kier alpha value is -2.72. The number of hydrogen-bond acceptors (Lipinski definition) is 5. The molecular weight excluding hydrogens is 336 g/mol. The summed E-state index contributed by atoms with van der Waals surface area (Å²) in [6.45, 7) is 0. The third kappa shape index (κ3) is 2.65. The lowest BCUT2D eigenvalue weighted by atomic mass is 10.2. The number of imidazole rings is 1. The zero-order valence-corrected chi connectivity index (χ0v) is 13.0. The van der Waals surface area contributed by atoms with E-state index >= 15 is 0 Å². The van der Waals surface area contributed by atoms with Crippen LogP contribution in [0.4, 0.5) is 0 Å². The summed E-state index contributed by atoms with van der Waals surface area (Å²) in [5, 5.41) is 0. The second-order valence-corrected chi connectivity index (χ2v) is 6.41. The van der Waals surface area contributed by atoms with Crippen molar-refractivity contribution in [1.82, 2.24) is 19.1 Å². The van der Waals surface area contributed by atoms with Gasteiger partial charge in [0.15, 0.2) is 5.65 Å². The monoisotopic (exact) mass is 352 g/mol. The minimum Gasteiger partial charge on any atom is -0.332 e. The molecule has 0 bridgehead atoms. The zero-order valence-electron chi connectivity index (χ0n) is 12.1. The fraction of sp³-hybridized carbons (Fsp3) is 0.214. The third-order valence-corrected chi connectivity index (χ3v) is 4.39. The fourth-order valence-corrected chi connectivity index (χ4v) is 2.73. The molecule has 3 aromatic rings. The topological polar surface area (TPSA) is 127 Å². The molecule has 0 saturated carbocycles. The molecule has 0 fully saturated rings. The first-order valence-electron chi connectivity index (χ1n) is 6.44. The third-order valence-electron chi connectivity index (χ3n) is 3.52. The van der Waals surface area contributed by atoms with Gasteiger partial charge in [0.05, 0.1) is 4.90 Å². The van der Waals surface area contributed by atoms with E-state index in [0.29, 0.717) is 11.4 Å². The highest BCUT2D eigenvalue weighted by Gasteiger charge is 2.15. The van der Waals surface area contributed by atoms with E-state index in [0.717, 1.165) is 4.57 Å². The Morgan fingerprint density at radius 1 is 1.08 bits per heavy atom. The van der Waals surface area contributed by atoms with Crippen LogP contribution in [0.15, 0.2) is 38.8 Å². The van der Waals surface area contributed by atoms with Crippen molar-refractivity contribution >= 4 is 21.3 Å². The van der Waals surface area contributed by atoms with Gasteiger partial charge in [0.2, 0.25) is 0 Å². The molecule has 3 rings (SSSR count). The van der Waals surface area contributed by atoms with Gasteiger partial charge < -0.3 is 4.98 Å². The van der Waals surface area contributed by atoms with Crippen molar-refractivity contribution in [3.05, 3.63) is 45.1 Å². The first kappa shape index (κ1) is 17.6. The van der Waals surface area contributed by atoms with E-state index in [-0.39, 0.29) is 23.5 Å². The maximum atomic E-state index is 12.1. The lowest BCUT2D eigenvalue weighted by Crippen LogP contribution is -2.36. The van der Waals surface area contributed by atoms with E-state index < -0.39 is 21.4 Å². The summed E-state index contributed by atoms with van der Waals surface area (Å²) in [5.74, 6) is 0.306. The van der Waals surface area contributed by atoms with Crippen LogP contribution in [0.5, 0.6) is 0 Å². The van der Waals surface area contributed by atoms with Crippen molar-refractivity contribution in [3.8, 4) is 11.4 Å². The number of rotatable bonds is 2. The zero-order chi connectivity index (χ0) is 16.9. The van der Waals surface area contributed by atoms with Crippen LogP contribution in [-0.4, -0.2) is 32.1 Å². The molecule has 0 spiro atoms. The molecule has 0 atom stereocenters. The number of hydrogen-bond donors (Lipinski definition) is 2. The quantitative estimate of drug-likeness (QED) is 0.647. The molecule has 24 heavy (non-hydrogen) atoms. The van der Waals surface area contributed by atoms with Crippen LogP contribution in [-0.2, 0) is 24.2 Å². The first-order valence-corrected chi connectivity index (χ1v) is 7.88. The van der Waals surface area contributed by atoms with E-state index in [4.69, 9.17) is 4.55 Å². The Morgan fingerprint density at radius 3 is 2.21 bits per heavy atom. The molecule has 9 nitrogen and oxygen atoms in total. The average molecular weight is 352 g/mol. The molecule has 0 aliphatic heterocycles. The maximum Gasteiger partial charge on any atom is 0.332 e. The highest BCUT2D eigenvalue weighted by atomic mass is 32.2. The van der Waals surface area contributed by atoms with Gasteiger partial charge in [0.1, 0.15) is 11.3 Å². The molecule has 0 aliphatic carbocycles. The lowest BCUT2D eigenvalue weighted by molar-refractivity contribution is 0.483.